The van der Waals surface area contributed by atoms with Gasteiger partial charge in [0.25, 0.3) is 6.43 Å². The Bertz CT molecular complexity index is 415. The monoisotopic (exact) mass is 361 g/mol. The van der Waals surface area contributed by atoms with Crippen LogP contribution in [0.3, 0.4) is 0 Å². The molecule has 16 heavy (non-hydrogen) atoms. The maximum atomic E-state index is 12.8. The highest BCUT2D eigenvalue weighted by Gasteiger charge is 2.20. The van der Waals surface area contributed by atoms with Crippen molar-refractivity contribution in [3.8, 4) is 0 Å². The highest BCUT2D eigenvalue weighted by atomic mass is 127. The summed E-state index contributed by atoms with van der Waals surface area (Å²) in [7, 11) is 0. The Hall–Kier alpha value is -0.500. The normalized spacial score (nSPS) is 10.8. The average Bonchev–Trinajstić information content (AvgIpc) is 2.19. The number of nitrogens with zero attached hydrogens (tertiary/aromatic N) is 1. The van der Waals surface area contributed by atoms with Gasteiger partial charge in [0.1, 0.15) is 0 Å². The van der Waals surface area contributed by atoms with Gasteiger partial charge in [-0.25, -0.2) is 8.78 Å². The summed E-state index contributed by atoms with van der Waals surface area (Å²) in [5.41, 5.74) is 0.148. The zero-order valence-corrected chi connectivity index (χ0v) is 10.8. The summed E-state index contributed by atoms with van der Waals surface area (Å²) >= 11 is 7.19. The molecule has 3 nitrogen and oxygen atoms in total. The summed E-state index contributed by atoms with van der Waals surface area (Å²) in [5, 5.41) is 8.59. The molecule has 0 bridgehead atoms. The fourth-order valence-electron chi connectivity index (χ4n) is 1.19. The van der Waals surface area contributed by atoms with Crippen molar-refractivity contribution in [2.75, 3.05) is 0 Å². The third-order valence-corrected chi connectivity index (χ3v) is 3.38. The van der Waals surface area contributed by atoms with Crippen LogP contribution < -0.4 is 0 Å². The van der Waals surface area contributed by atoms with E-state index in [4.69, 9.17) is 16.7 Å². The Morgan fingerprint density at radius 1 is 1.62 bits per heavy atom. The average molecular weight is 362 g/mol. The molecule has 0 spiro atoms. The molecule has 0 aliphatic rings. The minimum atomic E-state index is -2.68. The molecular formula is C9H7ClF2INO2. The topological polar surface area (TPSA) is 50.2 Å². The maximum absolute atomic E-state index is 12.8. The van der Waals surface area contributed by atoms with E-state index in [0.717, 1.165) is 0 Å². The SMILES string of the molecule is O=C(O)Cc1ncc(CCl)c(C(F)F)c1I. The van der Waals surface area contributed by atoms with Crippen molar-refractivity contribution in [1.82, 2.24) is 4.98 Å². The second-order valence-electron chi connectivity index (χ2n) is 2.96. The largest absolute Gasteiger partial charge is 0.481 e. The summed E-state index contributed by atoms with van der Waals surface area (Å²) < 4.78 is 25.7. The van der Waals surface area contributed by atoms with E-state index in [1.165, 1.54) is 6.20 Å². The number of carbonyl (C=O) groups is 1. The number of alkyl halides is 3. The molecule has 0 saturated heterocycles. The molecular weight excluding hydrogens is 354 g/mol. The van der Waals surface area contributed by atoms with E-state index in [1.54, 1.807) is 22.6 Å². The molecule has 0 atom stereocenters. The van der Waals surface area contributed by atoms with E-state index in [9.17, 15) is 13.6 Å². The third kappa shape index (κ3) is 3.00. The highest BCUT2D eigenvalue weighted by molar-refractivity contribution is 14.1. The van der Waals surface area contributed by atoms with Crippen LogP contribution >= 0.6 is 34.2 Å². The van der Waals surface area contributed by atoms with Crippen LogP contribution in [0.1, 0.15) is 23.2 Å². The minimum Gasteiger partial charge on any atom is -0.481 e. The van der Waals surface area contributed by atoms with Gasteiger partial charge >= 0.3 is 5.97 Å². The van der Waals surface area contributed by atoms with Crippen molar-refractivity contribution < 1.29 is 18.7 Å². The molecule has 0 aliphatic heterocycles. The van der Waals surface area contributed by atoms with Crippen LogP contribution in [0.15, 0.2) is 6.20 Å². The van der Waals surface area contributed by atoms with Crippen molar-refractivity contribution in [3.05, 3.63) is 26.6 Å². The first-order valence-corrected chi connectivity index (χ1v) is 5.80. The first-order chi connectivity index (χ1) is 7.47. The van der Waals surface area contributed by atoms with Crippen molar-refractivity contribution >= 4 is 40.2 Å². The Labute approximate surface area is 109 Å². The van der Waals surface area contributed by atoms with Crippen molar-refractivity contribution in [2.24, 2.45) is 0 Å². The van der Waals surface area contributed by atoms with Crippen molar-refractivity contribution in [1.29, 1.82) is 0 Å². The first kappa shape index (κ1) is 13.6. The number of halogens is 4. The molecule has 0 unspecified atom stereocenters. The molecule has 1 rings (SSSR count). The number of rotatable bonds is 4. The van der Waals surface area contributed by atoms with Crippen LogP contribution in [0.4, 0.5) is 8.78 Å². The zero-order chi connectivity index (χ0) is 12.3. The molecule has 0 fully saturated rings. The second kappa shape index (κ2) is 5.72. The Balaban J connectivity index is 3.26. The second-order valence-corrected chi connectivity index (χ2v) is 4.31. The summed E-state index contributed by atoms with van der Waals surface area (Å²) in [6.45, 7) is 0. The van der Waals surface area contributed by atoms with Gasteiger partial charge in [0.2, 0.25) is 0 Å². The van der Waals surface area contributed by atoms with Gasteiger partial charge in [-0.3, -0.25) is 9.78 Å². The maximum Gasteiger partial charge on any atom is 0.309 e. The van der Waals surface area contributed by atoms with Crippen LogP contribution in [0, 0.1) is 3.57 Å². The number of carboxylic acids is 1. The predicted molar refractivity (Wildman–Crippen MR) is 62.8 cm³/mol. The van der Waals surface area contributed by atoms with Crippen LogP contribution in [0.5, 0.6) is 0 Å². The summed E-state index contributed by atoms with van der Waals surface area (Å²) in [6.07, 6.45) is -1.86. The standard InChI is InChI=1S/C9H7ClF2INO2/c10-2-4-3-14-5(1-6(15)16)8(13)7(4)9(11)12/h3,9H,1-2H2,(H,15,16). The quantitative estimate of drug-likeness (QED) is 0.662. The van der Waals surface area contributed by atoms with Crippen LogP contribution in [0.25, 0.3) is 0 Å². The molecule has 0 aromatic carbocycles. The molecule has 1 heterocycles. The van der Waals surface area contributed by atoms with Gasteiger partial charge in [-0.05, 0) is 28.2 Å². The lowest BCUT2D eigenvalue weighted by molar-refractivity contribution is -0.136. The van der Waals surface area contributed by atoms with E-state index in [1.807, 2.05) is 0 Å². The van der Waals surface area contributed by atoms with Gasteiger partial charge in [-0.2, -0.15) is 0 Å². The molecule has 0 amide bonds. The van der Waals surface area contributed by atoms with Crippen molar-refractivity contribution in [2.45, 2.75) is 18.7 Å². The first-order valence-electron chi connectivity index (χ1n) is 4.19. The molecule has 1 aromatic rings. The molecule has 88 valence electrons. The van der Waals surface area contributed by atoms with E-state index in [-0.39, 0.29) is 32.7 Å². The molecule has 1 N–H and O–H groups in total. The lowest BCUT2D eigenvalue weighted by atomic mass is 10.1. The van der Waals surface area contributed by atoms with Gasteiger partial charge < -0.3 is 5.11 Å². The predicted octanol–water partition coefficient (Wildman–Crippen LogP) is 2.99. The van der Waals surface area contributed by atoms with E-state index in [0.29, 0.717) is 0 Å². The summed E-state index contributed by atoms with van der Waals surface area (Å²) in [4.78, 5) is 14.3. The highest BCUT2D eigenvalue weighted by Crippen LogP contribution is 2.30. The Morgan fingerprint density at radius 2 is 2.25 bits per heavy atom. The van der Waals surface area contributed by atoms with Gasteiger partial charge in [-0.1, -0.05) is 0 Å². The number of carboxylic acid groups (broad SMARTS) is 1. The van der Waals surface area contributed by atoms with Crippen molar-refractivity contribution in [3.63, 3.8) is 0 Å². The van der Waals surface area contributed by atoms with Crippen LogP contribution in [-0.4, -0.2) is 16.1 Å². The third-order valence-electron chi connectivity index (χ3n) is 1.89. The molecule has 1 aromatic heterocycles. The van der Waals surface area contributed by atoms with Crippen LogP contribution in [-0.2, 0) is 17.1 Å². The molecule has 0 radical (unpaired) electrons. The van der Waals surface area contributed by atoms with Crippen LogP contribution in [0.2, 0.25) is 0 Å². The van der Waals surface area contributed by atoms with Gasteiger partial charge in [0, 0.05) is 21.2 Å². The summed E-state index contributed by atoms with van der Waals surface area (Å²) in [6, 6.07) is 0. The lowest BCUT2D eigenvalue weighted by Gasteiger charge is -2.11. The van der Waals surface area contributed by atoms with E-state index >= 15 is 0 Å². The van der Waals surface area contributed by atoms with Gasteiger partial charge in [0.05, 0.1) is 12.1 Å². The Kier molecular flexibility index (Phi) is 4.85. The number of hydrogen-bond donors (Lipinski definition) is 1. The molecule has 0 saturated carbocycles. The zero-order valence-electron chi connectivity index (χ0n) is 7.88. The number of pyridine rings is 1. The van der Waals surface area contributed by atoms with Gasteiger partial charge in [0.15, 0.2) is 0 Å². The summed E-state index contributed by atoms with van der Waals surface area (Å²) in [5.74, 6) is -1.18. The number of hydrogen-bond acceptors (Lipinski definition) is 2. The molecule has 7 heteroatoms. The fraction of sp³-hybridized carbons (Fsp3) is 0.333. The lowest BCUT2D eigenvalue weighted by Crippen LogP contribution is -2.09. The smallest absolute Gasteiger partial charge is 0.309 e. The minimum absolute atomic E-state index is 0.0734. The van der Waals surface area contributed by atoms with E-state index < -0.39 is 12.4 Å². The van der Waals surface area contributed by atoms with Gasteiger partial charge in [-0.15, -0.1) is 11.6 Å². The van der Waals surface area contributed by atoms with E-state index in [2.05, 4.69) is 4.98 Å². The number of aliphatic carboxylic acids is 1. The number of aromatic nitrogens is 1. The fourth-order valence-corrected chi connectivity index (χ4v) is 2.31. The molecule has 0 aliphatic carbocycles. The Morgan fingerprint density at radius 3 is 2.69 bits per heavy atom.